The van der Waals surface area contributed by atoms with Crippen molar-refractivity contribution >= 4 is 15.9 Å². The maximum atomic E-state index is 13.2. The highest BCUT2D eigenvalue weighted by Gasteiger charge is 2.43. The number of nitrogens with zero attached hydrogens (tertiary/aromatic N) is 3. The molecule has 0 spiro atoms. The maximum absolute atomic E-state index is 13.2. The zero-order valence-corrected chi connectivity index (χ0v) is 21.2. The highest BCUT2D eigenvalue weighted by molar-refractivity contribution is 7.89. The molecule has 0 bridgehead atoms. The minimum absolute atomic E-state index is 0.0152. The van der Waals surface area contributed by atoms with Crippen LogP contribution in [-0.2, 0) is 19.6 Å². The lowest BCUT2D eigenvalue weighted by Gasteiger charge is -2.34. The van der Waals surface area contributed by atoms with E-state index in [-0.39, 0.29) is 35.4 Å². The number of β-amino-alcohol motifs (C(OH)–C–C–N with tert-alkyl or cyclic N) is 1. The highest BCUT2D eigenvalue weighted by Crippen LogP contribution is 2.35. The van der Waals surface area contributed by atoms with Gasteiger partial charge in [-0.15, -0.1) is 0 Å². The summed E-state index contributed by atoms with van der Waals surface area (Å²) >= 11 is 0. The van der Waals surface area contributed by atoms with Crippen LogP contribution in [0.1, 0.15) is 31.2 Å². The molecule has 1 aromatic carbocycles. The first-order valence-electron chi connectivity index (χ1n) is 12.5. The van der Waals surface area contributed by atoms with Gasteiger partial charge < -0.3 is 19.5 Å². The second-order valence-corrected chi connectivity index (χ2v) is 12.0. The molecule has 3 saturated heterocycles. The smallest absolute Gasteiger partial charge is 0.244 e. The van der Waals surface area contributed by atoms with Crippen molar-refractivity contribution in [3.63, 3.8) is 0 Å². The van der Waals surface area contributed by atoms with Crippen molar-refractivity contribution in [2.75, 3.05) is 59.5 Å². The quantitative estimate of drug-likeness (QED) is 0.567. The molecule has 0 unspecified atom stereocenters. The Morgan fingerprint density at radius 3 is 2.54 bits per heavy atom. The Labute approximate surface area is 207 Å². The number of ether oxygens (including phenoxy) is 2. The molecule has 4 aliphatic heterocycles. The number of piperidine rings is 1. The molecule has 2 N–H and O–H groups in total. The number of hydrogen-bond acceptors (Lipinski definition) is 8. The summed E-state index contributed by atoms with van der Waals surface area (Å²) in [5, 5.41) is 10.5. The first kappa shape index (κ1) is 24.9. The molecule has 11 heteroatoms. The minimum atomic E-state index is -3.87. The number of carbonyl (C=O) groups is 1. The number of aliphatic hydroxyl groups is 1. The molecular weight excluding hydrogens is 472 g/mol. The summed E-state index contributed by atoms with van der Waals surface area (Å²) in [5.74, 6) is 0.682. The van der Waals surface area contributed by atoms with Crippen molar-refractivity contribution in [3.05, 3.63) is 23.8 Å². The van der Waals surface area contributed by atoms with Crippen LogP contribution in [0, 0.1) is 0 Å². The fraction of sp³-hybridized carbons (Fsp3) is 0.708. The standard InChI is InChI=1S/C24H36N4O6S/c1-16(29)27-7-5-17(6-8-27)18-3-4-24-22(9-18)34-23-13-28(19-14-33-15-19)12-21(23)26(2)11-20(30)10-25-35(24,31)32/h3-4,9,17,19-21,23,25,30H,5-8,10-15H2,1-2H3/t20-,21+,23-/m0/s1. The van der Waals surface area contributed by atoms with Crippen LogP contribution >= 0.6 is 0 Å². The van der Waals surface area contributed by atoms with Crippen LogP contribution in [0.4, 0.5) is 0 Å². The van der Waals surface area contributed by atoms with Gasteiger partial charge in [0.05, 0.1) is 31.4 Å². The van der Waals surface area contributed by atoms with Gasteiger partial charge in [0.2, 0.25) is 15.9 Å². The van der Waals surface area contributed by atoms with Gasteiger partial charge in [0.1, 0.15) is 16.7 Å². The average molecular weight is 509 g/mol. The van der Waals surface area contributed by atoms with E-state index in [1.807, 2.05) is 24.1 Å². The van der Waals surface area contributed by atoms with Crippen LogP contribution < -0.4 is 9.46 Å². The number of aliphatic hydroxyl groups excluding tert-OH is 1. The van der Waals surface area contributed by atoms with E-state index < -0.39 is 16.1 Å². The molecule has 194 valence electrons. The first-order chi connectivity index (χ1) is 16.7. The summed E-state index contributed by atoms with van der Waals surface area (Å²) in [7, 11) is -1.91. The predicted octanol–water partition coefficient (Wildman–Crippen LogP) is -0.172. The van der Waals surface area contributed by atoms with Crippen LogP contribution in [0.3, 0.4) is 0 Å². The lowest BCUT2D eigenvalue weighted by atomic mass is 9.89. The van der Waals surface area contributed by atoms with Gasteiger partial charge in [-0.1, -0.05) is 6.07 Å². The van der Waals surface area contributed by atoms with Gasteiger partial charge in [-0.2, -0.15) is 0 Å². The largest absolute Gasteiger partial charge is 0.486 e. The van der Waals surface area contributed by atoms with Gasteiger partial charge in [0, 0.05) is 46.2 Å². The number of likely N-dealkylation sites (tertiary alicyclic amines) is 2. The van der Waals surface area contributed by atoms with Gasteiger partial charge in [-0.25, -0.2) is 13.1 Å². The molecule has 4 aliphatic rings. The summed E-state index contributed by atoms with van der Waals surface area (Å²) in [6.07, 6.45) is 0.595. The van der Waals surface area contributed by atoms with Gasteiger partial charge >= 0.3 is 0 Å². The van der Waals surface area contributed by atoms with E-state index in [0.717, 1.165) is 24.9 Å². The second kappa shape index (κ2) is 9.95. The van der Waals surface area contributed by atoms with Crippen molar-refractivity contribution in [3.8, 4) is 5.75 Å². The van der Waals surface area contributed by atoms with Crippen LogP contribution in [0.25, 0.3) is 0 Å². The van der Waals surface area contributed by atoms with Crippen LogP contribution in [-0.4, -0.2) is 118 Å². The van der Waals surface area contributed by atoms with E-state index in [4.69, 9.17) is 9.47 Å². The van der Waals surface area contributed by atoms with Crippen molar-refractivity contribution in [2.45, 2.75) is 54.9 Å². The SMILES string of the molecule is CC(=O)N1CCC(c2ccc3c(c2)O[C@H]2CN(C4COC4)C[C@H]2N(C)C[C@@H](O)CNS3(=O)=O)CC1. The number of fused-ring (bicyclic) bond motifs is 2. The Bertz CT molecular complexity index is 1040. The van der Waals surface area contributed by atoms with Crippen molar-refractivity contribution in [1.82, 2.24) is 19.4 Å². The van der Waals surface area contributed by atoms with E-state index in [0.29, 0.717) is 51.2 Å². The van der Waals surface area contributed by atoms with E-state index >= 15 is 0 Å². The molecule has 35 heavy (non-hydrogen) atoms. The average Bonchev–Trinajstić information content (AvgIpc) is 3.18. The van der Waals surface area contributed by atoms with Gasteiger partial charge in [0.25, 0.3) is 0 Å². The molecule has 0 aromatic heterocycles. The highest BCUT2D eigenvalue weighted by atomic mass is 32.2. The fourth-order valence-corrected chi connectivity index (χ4v) is 6.84. The fourth-order valence-electron chi connectivity index (χ4n) is 5.66. The van der Waals surface area contributed by atoms with Gasteiger partial charge in [0.15, 0.2) is 0 Å². The number of carbonyl (C=O) groups excluding carboxylic acids is 1. The molecule has 5 rings (SSSR count). The molecule has 3 atom stereocenters. The third kappa shape index (κ3) is 5.21. The minimum Gasteiger partial charge on any atom is -0.486 e. The Morgan fingerprint density at radius 2 is 1.89 bits per heavy atom. The summed E-state index contributed by atoms with van der Waals surface area (Å²) in [6.45, 7) is 6.12. The van der Waals surface area contributed by atoms with E-state index in [2.05, 4.69) is 14.5 Å². The molecular formula is C24H36N4O6S. The Hall–Kier alpha value is -1.76. The van der Waals surface area contributed by atoms with Crippen LogP contribution in [0.15, 0.2) is 23.1 Å². The number of sulfonamides is 1. The number of nitrogens with one attached hydrogen (secondary N) is 1. The van der Waals surface area contributed by atoms with Crippen molar-refractivity contribution in [2.24, 2.45) is 0 Å². The Balaban J connectivity index is 1.46. The van der Waals surface area contributed by atoms with Crippen molar-refractivity contribution in [1.29, 1.82) is 0 Å². The molecule has 0 radical (unpaired) electrons. The first-order valence-corrected chi connectivity index (χ1v) is 14.0. The number of hydrogen-bond donors (Lipinski definition) is 2. The molecule has 10 nitrogen and oxygen atoms in total. The maximum Gasteiger partial charge on any atom is 0.244 e. The molecule has 1 amide bonds. The third-order valence-corrected chi connectivity index (χ3v) is 9.39. The molecule has 0 saturated carbocycles. The Morgan fingerprint density at radius 1 is 1.14 bits per heavy atom. The topological polar surface area (TPSA) is 112 Å². The number of amides is 1. The predicted molar refractivity (Wildman–Crippen MR) is 129 cm³/mol. The molecule has 3 fully saturated rings. The third-order valence-electron chi connectivity index (χ3n) is 7.92. The van der Waals surface area contributed by atoms with Crippen LogP contribution in [0.2, 0.25) is 0 Å². The number of benzene rings is 1. The summed E-state index contributed by atoms with van der Waals surface area (Å²) < 4.78 is 40.9. The zero-order chi connectivity index (χ0) is 24.7. The lowest BCUT2D eigenvalue weighted by molar-refractivity contribution is -0.129. The second-order valence-electron chi connectivity index (χ2n) is 10.3. The van der Waals surface area contributed by atoms with Crippen molar-refractivity contribution < 1.29 is 27.8 Å². The summed E-state index contributed by atoms with van der Waals surface area (Å²) in [4.78, 5) is 18.1. The van der Waals surface area contributed by atoms with E-state index in [1.54, 1.807) is 13.0 Å². The summed E-state index contributed by atoms with van der Waals surface area (Å²) in [6, 6.07) is 5.73. The number of likely N-dealkylation sites (N-methyl/N-ethyl adjacent to an activating group) is 1. The monoisotopic (exact) mass is 508 g/mol. The van der Waals surface area contributed by atoms with Gasteiger partial charge in [-0.3, -0.25) is 14.6 Å². The Kier molecular flexibility index (Phi) is 7.08. The van der Waals surface area contributed by atoms with Gasteiger partial charge in [-0.05, 0) is 43.5 Å². The zero-order valence-electron chi connectivity index (χ0n) is 20.4. The lowest BCUT2D eigenvalue weighted by Crippen LogP contribution is -2.49. The molecule has 0 aliphatic carbocycles. The molecule has 4 heterocycles. The normalized spacial score (nSPS) is 31.1. The van der Waals surface area contributed by atoms with E-state index in [9.17, 15) is 18.3 Å². The number of rotatable bonds is 2. The van der Waals surface area contributed by atoms with Crippen LogP contribution in [0.5, 0.6) is 5.75 Å². The van der Waals surface area contributed by atoms with E-state index in [1.165, 1.54) is 0 Å². The summed E-state index contributed by atoms with van der Waals surface area (Å²) in [5.41, 5.74) is 1.03. The molecule has 1 aromatic rings.